The first-order valence-corrected chi connectivity index (χ1v) is 7.35. The normalized spacial score (nSPS) is 24.8. The third-order valence-electron chi connectivity index (χ3n) is 4.01. The number of halogens is 1. The van der Waals surface area contributed by atoms with Gasteiger partial charge in [0.2, 0.25) is 0 Å². The van der Waals surface area contributed by atoms with Crippen LogP contribution in [-0.2, 0) is 4.79 Å². The number of amides is 1. The van der Waals surface area contributed by atoms with Gasteiger partial charge < -0.3 is 10.2 Å². The molecule has 0 unspecified atom stereocenters. The molecule has 1 aromatic carbocycles. The molecule has 1 amide bonds. The zero-order chi connectivity index (χ0) is 13.8. The van der Waals surface area contributed by atoms with Crippen LogP contribution in [0.3, 0.4) is 0 Å². The third kappa shape index (κ3) is 3.95. The number of carbonyl (C=O) groups is 1. The summed E-state index contributed by atoms with van der Waals surface area (Å²) < 4.78 is 0. The van der Waals surface area contributed by atoms with Gasteiger partial charge in [-0.05, 0) is 43.9 Å². The number of quaternary nitrogens is 1. The largest absolute Gasteiger partial charge is 0.325 e. The first-order valence-electron chi connectivity index (χ1n) is 6.97. The van der Waals surface area contributed by atoms with Crippen molar-refractivity contribution in [3.8, 4) is 0 Å². The molecule has 19 heavy (non-hydrogen) atoms. The van der Waals surface area contributed by atoms with Crippen molar-refractivity contribution in [3.63, 3.8) is 0 Å². The first kappa shape index (κ1) is 14.4. The summed E-state index contributed by atoms with van der Waals surface area (Å²) in [7, 11) is 0. The Balaban J connectivity index is 1.92. The van der Waals surface area contributed by atoms with E-state index in [0.29, 0.717) is 5.02 Å². The van der Waals surface area contributed by atoms with Crippen molar-refractivity contribution >= 4 is 23.2 Å². The number of anilines is 1. The lowest BCUT2D eigenvalue weighted by Crippen LogP contribution is -3.17. The van der Waals surface area contributed by atoms with Crippen LogP contribution >= 0.6 is 11.6 Å². The molecule has 1 aliphatic heterocycles. The Morgan fingerprint density at radius 3 is 2.74 bits per heavy atom. The number of rotatable bonds is 3. The van der Waals surface area contributed by atoms with Gasteiger partial charge in [-0.1, -0.05) is 24.6 Å². The lowest BCUT2D eigenvalue weighted by molar-refractivity contribution is -0.919. The second kappa shape index (κ2) is 6.40. The van der Waals surface area contributed by atoms with Crippen molar-refractivity contribution in [1.29, 1.82) is 0 Å². The third-order valence-corrected chi connectivity index (χ3v) is 4.25. The van der Waals surface area contributed by atoms with Gasteiger partial charge in [0.05, 0.1) is 13.1 Å². The molecule has 2 rings (SSSR count). The van der Waals surface area contributed by atoms with Crippen molar-refractivity contribution in [2.75, 3.05) is 18.4 Å². The van der Waals surface area contributed by atoms with Crippen LogP contribution in [0.2, 0.25) is 5.02 Å². The Hall–Kier alpha value is -1.06. The van der Waals surface area contributed by atoms with Crippen molar-refractivity contribution in [3.05, 3.63) is 29.3 Å². The smallest absolute Gasteiger partial charge is 0.282 e. The summed E-state index contributed by atoms with van der Waals surface area (Å²) in [5.74, 6) is 0.874. The van der Waals surface area contributed by atoms with Gasteiger partial charge in [0, 0.05) is 10.7 Å². The summed E-state index contributed by atoms with van der Waals surface area (Å²) in [6.45, 7) is 6.47. The van der Waals surface area contributed by atoms with Crippen molar-refractivity contribution < 1.29 is 9.69 Å². The molecule has 1 saturated heterocycles. The highest BCUT2D eigenvalue weighted by Gasteiger charge is 2.28. The zero-order valence-corrected chi connectivity index (χ0v) is 12.3. The van der Waals surface area contributed by atoms with Gasteiger partial charge in [0.15, 0.2) is 6.04 Å². The minimum atomic E-state index is -0.00789. The van der Waals surface area contributed by atoms with Crippen molar-refractivity contribution in [2.45, 2.75) is 32.7 Å². The van der Waals surface area contributed by atoms with Crippen LogP contribution < -0.4 is 10.2 Å². The maximum Gasteiger partial charge on any atom is 0.282 e. The van der Waals surface area contributed by atoms with Crippen LogP contribution in [-0.4, -0.2) is 25.0 Å². The van der Waals surface area contributed by atoms with Crippen LogP contribution in [0.1, 0.15) is 26.7 Å². The van der Waals surface area contributed by atoms with Crippen LogP contribution in [0.25, 0.3) is 0 Å². The summed E-state index contributed by atoms with van der Waals surface area (Å²) in [5, 5.41) is 3.59. The van der Waals surface area contributed by atoms with E-state index in [1.165, 1.54) is 17.7 Å². The molecular weight excluding hydrogens is 260 g/mol. The number of likely N-dealkylation sites (tertiary alicyclic amines) is 1. The van der Waals surface area contributed by atoms with Crippen LogP contribution in [0.4, 0.5) is 5.69 Å². The molecule has 0 aliphatic carbocycles. The first-order chi connectivity index (χ1) is 9.06. The SMILES string of the molecule is CC1CC[NH+]([C@@H](C)C(=O)Nc2cccc(Cl)c2)CC1. The van der Waals surface area contributed by atoms with Gasteiger partial charge in [-0.3, -0.25) is 4.79 Å². The molecule has 3 nitrogen and oxygen atoms in total. The lowest BCUT2D eigenvalue weighted by Gasteiger charge is -2.31. The van der Waals surface area contributed by atoms with Crippen LogP contribution in [0.5, 0.6) is 0 Å². The second-order valence-corrected chi connectivity index (χ2v) is 6.00. The number of hydrogen-bond acceptors (Lipinski definition) is 1. The van der Waals surface area contributed by atoms with E-state index < -0.39 is 0 Å². The minimum Gasteiger partial charge on any atom is -0.325 e. The van der Waals surface area contributed by atoms with Gasteiger partial charge in [-0.2, -0.15) is 0 Å². The van der Waals surface area contributed by atoms with E-state index in [1.54, 1.807) is 12.1 Å². The van der Waals surface area contributed by atoms with Gasteiger partial charge in [-0.25, -0.2) is 0 Å². The highest BCUT2D eigenvalue weighted by atomic mass is 35.5. The zero-order valence-electron chi connectivity index (χ0n) is 11.6. The molecule has 0 bridgehead atoms. The molecule has 0 spiro atoms. The molecule has 4 heteroatoms. The van der Waals surface area contributed by atoms with Gasteiger partial charge in [0.1, 0.15) is 0 Å². The average molecular weight is 282 g/mol. The van der Waals surface area contributed by atoms with Gasteiger partial charge in [-0.15, -0.1) is 0 Å². The van der Waals surface area contributed by atoms with Crippen LogP contribution in [0.15, 0.2) is 24.3 Å². The van der Waals surface area contributed by atoms with Gasteiger partial charge in [0.25, 0.3) is 5.91 Å². The fourth-order valence-electron chi connectivity index (χ4n) is 2.57. The monoisotopic (exact) mass is 281 g/mol. The van der Waals surface area contributed by atoms with E-state index >= 15 is 0 Å². The molecule has 0 aromatic heterocycles. The molecule has 1 atom stereocenters. The van der Waals surface area contributed by atoms with Crippen molar-refractivity contribution in [2.24, 2.45) is 5.92 Å². The number of benzene rings is 1. The van der Waals surface area contributed by atoms with E-state index in [-0.39, 0.29) is 11.9 Å². The Labute approximate surface area is 119 Å². The van der Waals surface area contributed by atoms with E-state index in [4.69, 9.17) is 11.6 Å². The summed E-state index contributed by atoms with van der Waals surface area (Å²) in [5.41, 5.74) is 0.772. The molecule has 0 saturated carbocycles. The Kier molecular flexibility index (Phi) is 4.83. The standard InChI is InChI=1S/C15H21ClN2O/c1-11-6-8-18(9-7-11)12(2)15(19)17-14-5-3-4-13(16)10-14/h3-5,10-12H,6-9H2,1-2H3,(H,17,19)/p+1/t12-/m0/s1. The molecular formula is C15H22ClN2O+. The highest BCUT2D eigenvalue weighted by molar-refractivity contribution is 6.30. The molecule has 1 heterocycles. The quantitative estimate of drug-likeness (QED) is 0.873. The predicted octanol–water partition coefficient (Wildman–Crippen LogP) is 1.98. The predicted molar refractivity (Wildman–Crippen MR) is 78.6 cm³/mol. The van der Waals surface area contributed by atoms with E-state index in [1.807, 2.05) is 19.1 Å². The summed E-state index contributed by atoms with van der Waals surface area (Å²) in [4.78, 5) is 13.6. The molecule has 104 valence electrons. The Morgan fingerprint density at radius 2 is 2.11 bits per heavy atom. The number of nitrogens with one attached hydrogen (secondary N) is 2. The average Bonchev–Trinajstić information content (AvgIpc) is 2.39. The summed E-state index contributed by atoms with van der Waals surface area (Å²) in [6, 6.07) is 7.28. The number of hydrogen-bond donors (Lipinski definition) is 2. The highest BCUT2D eigenvalue weighted by Crippen LogP contribution is 2.15. The summed E-state index contributed by atoms with van der Waals surface area (Å²) in [6.07, 6.45) is 2.42. The molecule has 1 aliphatic rings. The lowest BCUT2D eigenvalue weighted by atomic mass is 9.98. The second-order valence-electron chi connectivity index (χ2n) is 5.56. The van der Waals surface area contributed by atoms with Gasteiger partial charge >= 0.3 is 0 Å². The minimum absolute atomic E-state index is 0.00789. The molecule has 1 aromatic rings. The topological polar surface area (TPSA) is 33.5 Å². The van der Waals surface area contributed by atoms with Crippen molar-refractivity contribution in [1.82, 2.24) is 0 Å². The van der Waals surface area contributed by atoms with E-state index in [2.05, 4.69) is 12.2 Å². The maximum atomic E-state index is 12.2. The van der Waals surface area contributed by atoms with E-state index in [9.17, 15) is 4.79 Å². The Bertz CT molecular complexity index is 442. The number of piperidine rings is 1. The molecule has 2 N–H and O–H groups in total. The fourth-order valence-corrected chi connectivity index (χ4v) is 2.76. The fraction of sp³-hybridized carbons (Fsp3) is 0.533. The molecule has 1 fully saturated rings. The Morgan fingerprint density at radius 1 is 1.42 bits per heavy atom. The van der Waals surface area contributed by atoms with E-state index in [0.717, 1.165) is 24.7 Å². The van der Waals surface area contributed by atoms with Crippen LogP contribution in [0, 0.1) is 5.92 Å². The number of carbonyl (C=O) groups excluding carboxylic acids is 1. The molecule has 0 radical (unpaired) electrons. The summed E-state index contributed by atoms with van der Waals surface area (Å²) >= 11 is 5.92. The maximum absolute atomic E-state index is 12.2.